The lowest BCUT2D eigenvalue weighted by atomic mass is 10.2. The molecule has 2 heterocycles. The fraction of sp³-hybridized carbons (Fsp3) is 0.400. The lowest BCUT2D eigenvalue weighted by molar-refractivity contribution is 0.0933. The van der Waals surface area contributed by atoms with Crippen molar-refractivity contribution in [3.8, 4) is 0 Å². The van der Waals surface area contributed by atoms with Gasteiger partial charge in [-0.15, -0.1) is 0 Å². The Labute approximate surface area is 225 Å². The second kappa shape index (κ2) is 11.7. The highest BCUT2D eigenvalue weighted by molar-refractivity contribution is 7.89. The van der Waals surface area contributed by atoms with Crippen molar-refractivity contribution < 1.29 is 27.1 Å². The average molecular weight is 564 g/mol. The van der Waals surface area contributed by atoms with E-state index in [4.69, 9.17) is 4.74 Å². The van der Waals surface area contributed by atoms with Crippen LogP contribution in [-0.4, -0.2) is 99.5 Å². The number of rotatable bonds is 8. The quantitative estimate of drug-likeness (QED) is 0.415. The summed E-state index contributed by atoms with van der Waals surface area (Å²) in [5.41, 5.74) is 0.495. The largest absolute Gasteiger partial charge is 0.450 e. The van der Waals surface area contributed by atoms with Crippen LogP contribution in [0, 0.1) is 5.82 Å². The molecule has 38 heavy (non-hydrogen) atoms. The lowest BCUT2D eigenvalue weighted by Gasteiger charge is -2.33. The Balaban J connectivity index is 1.52. The van der Waals surface area contributed by atoms with Gasteiger partial charge >= 0.3 is 6.09 Å². The molecule has 0 spiro atoms. The first-order valence-corrected chi connectivity index (χ1v) is 14.4. The number of halogens is 1. The number of amides is 2. The normalized spacial score (nSPS) is 14.7. The van der Waals surface area contributed by atoms with E-state index in [1.54, 1.807) is 19.1 Å². The number of para-hydroxylation sites is 1. The van der Waals surface area contributed by atoms with Crippen LogP contribution in [0.25, 0.3) is 10.2 Å². The Hall–Kier alpha value is -3.13. The molecule has 0 radical (unpaired) electrons. The Morgan fingerprint density at radius 3 is 2.34 bits per heavy atom. The van der Waals surface area contributed by atoms with E-state index in [2.05, 4.69) is 4.98 Å². The van der Waals surface area contributed by atoms with Crippen LogP contribution in [0.4, 0.5) is 14.3 Å². The Morgan fingerprint density at radius 1 is 1.05 bits per heavy atom. The highest BCUT2D eigenvalue weighted by atomic mass is 32.2. The highest BCUT2D eigenvalue weighted by Crippen LogP contribution is 2.31. The summed E-state index contributed by atoms with van der Waals surface area (Å²) in [6.45, 7) is 3.60. The summed E-state index contributed by atoms with van der Waals surface area (Å²) in [5.74, 6) is -0.819. The van der Waals surface area contributed by atoms with Crippen molar-refractivity contribution >= 4 is 48.7 Å². The predicted molar refractivity (Wildman–Crippen MR) is 144 cm³/mol. The van der Waals surface area contributed by atoms with Gasteiger partial charge in [-0.2, -0.15) is 4.31 Å². The lowest BCUT2D eigenvalue weighted by Crippen LogP contribution is -2.50. The van der Waals surface area contributed by atoms with Crippen LogP contribution < -0.4 is 4.90 Å². The standard InChI is InChI=1S/C25H30FN5O5S2/c1-4-36-25(33)29-13-15-30(16-14-29)38(34,35)19-10-8-18(9-11-19)23(32)31(17-12-28(2)3)24-27-22-20(26)6-5-7-21(22)37-24/h5-11H,4,12-17H2,1-3H3. The Bertz CT molecular complexity index is 1400. The number of benzene rings is 2. The second-order valence-corrected chi connectivity index (χ2v) is 11.9. The summed E-state index contributed by atoms with van der Waals surface area (Å²) < 4.78 is 47.5. The molecule has 0 atom stereocenters. The molecular formula is C25H30FN5O5S2. The molecule has 0 aliphatic carbocycles. The fourth-order valence-corrected chi connectivity index (χ4v) is 6.43. The number of carbonyl (C=O) groups is 2. The fourth-order valence-electron chi connectivity index (χ4n) is 4.00. The molecule has 1 aliphatic rings. The minimum atomic E-state index is -3.81. The van der Waals surface area contributed by atoms with E-state index < -0.39 is 21.9 Å². The molecule has 10 nitrogen and oxygen atoms in total. The molecule has 2 amide bonds. The Kier molecular flexibility index (Phi) is 8.61. The maximum absolute atomic E-state index is 14.3. The van der Waals surface area contributed by atoms with Crippen LogP contribution in [0.5, 0.6) is 0 Å². The van der Waals surface area contributed by atoms with E-state index >= 15 is 0 Å². The summed E-state index contributed by atoms with van der Waals surface area (Å²) in [6, 6.07) is 10.4. The van der Waals surface area contributed by atoms with Crippen molar-refractivity contribution in [1.29, 1.82) is 0 Å². The predicted octanol–water partition coefficient (Wildman–Crippen LogP) is 3.11. The number of thiazole rings is 1. The molecule has 1 fully saturated rings. The molecule has 3 aromatic rings. The van der Waals surface area contributed by atoms with Crippen molar-refractivity contribution in [1.82, 2.24) is 19.1 Å². The number of nitrogens with zero attached hydrogens (tertiary/aromatic N) is 5. The second-order valence-electron chi connectivity index (χ2n) is 8.96. The van der Waals surface area contributed by atoms with Gasteiger partial charge in [-0.1, -0.05) is 17.4 Å². The SMILES string of the molecule is CCOC(=O)N1CCN(S(=O)(=O)c2ccc(C(=O)N(CCN(C)C)c3nc4c(F)cccc4s3)cc2)CC1. The molecule has 13 heteroatoms. The van der Waals surface area contributed by atoms with E-state index in [-0.39, 0.29) is 54.7 Å². The smallest absolute Gasteiger partial charge is 0.409 e. The number of aromatic nitrogens is 1. The number of fused-ring (bicyclic) bond motifs is 1. The highest BCUT2D eigenvalue weighted by Gasteiger charge is 2.31. The number of sulfonamides is 1. The van der Waals surface area contributed by atoms with Gasteiger partial charge in [0, 0.05) is 44.8 Å². The molecule has 1 aromatic heterocycles. The zero-order valence-corrected chi connectivity index (χ0v) is 23.1. The molecule has 0 saturated carbocycles. The van der Waals surface area contributed by atoms with Crippen molar-refractivity contribution in [2.45, 2.75) is 11.8 Å². The molecule has 0 bridgehead atoms. The van der Waals surface area contributed by atoms with E-state index in [1.165, 1.54) is 55.8 Å². The molecular weight excluding hydrogens is 533 g/mol. The third-order valence-corrected chi connectivity index (χ3v) is 9.07. The molecule has 4 rings (SSSR count). The summed E-state index contributed by atoms with van der Waals surface area (Å²) in [7, 11) is -0.0472. The van der Waals surface area contributed by atoms with Crippen molar-refractivity contribution in [2.75, 3.05) is 64.9 Å². The number of likely N-dealkylation sites (N-methyl/N-ethyl adjacent to an activating group) is 1. The van der Waals surface area contributed by atoms with Gasteiger partial charge in [0.2, 0.25) is 10.0 Å². The van der Waals surface area contributed by atoms with E-state index in [0.717, 1.165) is 0 Å². The molecule has 0 unspecified atom stereocenters. The van der Waals surface area contributed by atoms with E-state index in [1.807, 2.05) is 19.0 Å². The molecule has 1 saturated heterocycles. The van der Waals surface area contributed by atoms with Gasteiger partial charge in [-0.05, 0) is 57.4 Å². The van der Waals surface area contributed by atoms with Gasteiger partial charge in [0.25, 0.3) is 5.91 Å². The number of carbonyl (C=O) groups excluding carboxylic acids is 2. The van der Waals surface area contributed by atoms with Gasteiger partial charge < -0.3 is 14.5 Å². The maximum atomic E-state index is 14.3. The van der Waals surface area contributed by atoms with Gasteiger partial charge in [-0.25, -0.2) is 22.6 Å². The maximum Gasteiger partial charge on any atom is 0.409 e. The van der Waals surface area contributed by atoms with Gasteiger partial charge in [0.1, 0.15) is 11.3 Å². The summed E-state index contributed by atoms with van der Waals surface area (Å²) in [6.07, 6.45) is -0.456. The number of hydrogen-bond donors (Lipinski definition) is 0. The molecule has 2 aromatic carbocycles. The monoisotopic (exact) mass is 563 g/mol. The van der Waals surface area contributed by atoms with Crippen molar-refractivity contribution in [3.63, 3.8) is 0 Å². The first-order chi connectivity index (χ1) is 18.1. The number of piperazine rings is 1. The minimum Gasteiger partial charge on any atom is -0.450 e. The minimum absolute atomic E-state index is 0.0561. The van der Waals surface area contributed by atoms with Gasteiger partial charge in [-0.3, -0.25) is 9.69 Å². The van der Waals surface area contributed by atoms with Crippen LogP contribution in [0.15, 0.2) is 47.4 Å². The number of ether oxygens (including phenoxy) is 1. The first-order valence-electron chi connectivity index (χ1n) is 12.2. The van der Waals surface area contributed by atoms with E-state index in [0.29, 0.717) is 22.9 Å². The van der Waals surface area contributed by atoms with Crippen LogP contribution in [-0.2, 0) is 14.8 Å². The van der Waals surface area contributed by atoms with Crippen LogP contribution >= 0.6 is 11.3 Å². The molecule has 0 N–H and O–H groups in total. The van der Waals surface area contributed by atoms with E-state index in [9.17, 15) is 22.4 Å². The van der Waals surface area contributed by atoms with Crippen LogP contribution in [0.2, 0.25) is 0 Å². The topological polar surface area (TPSA) is 103 Å². The van der Waals surface area contributed by atoms with Crippen molar-refractivity contribution in [3.05, 3.63) is 53.8 Å². The zero-order chi connectivity index (χ0) is 27.4. The van der Waals surface area contributed by atoms with Gasteiger partial charge in [0.15, 0.2) is 5.13 Å². The van der Waals surface area contributed by atoms with Crippen LogP contribution in [0.1, 0.15) is 17.3 Å². The molecule has 204 valence electrons. The third-order valence-electron chi connectivity index (χ3n) is 6.11. The first kappa shape index (κ1) is 27.9. The molecule has 1 aliphatic heterocycles. The summed E-state index contributed by atoms with van der Waals surface area (Å²) in [4.78, 5) is 34.7. The number of anilines is 1. The third kappa shape index (κ3) is 5.96. The summed E-state index contributed by atoms with van der Waals surface area (Å²) >= 11 is 1.22. The van der Waals surface area contributed by atoms with Crippen molar-refractivity contribution in [2.24, 2.45) is 0 Å². The Morgan fingerprint density at radius 2 is 1.74 bits per heavy atom. The van der Waals surface area contributed by atoms with Crippen LogP contribution in [0.3, 0.4) is 0 Å². The number of hydrogen-bond acceptors (Lipinski definition) is 8. The van der Waals surface area contributed by atoms with Gasteiger partial charge in [0.05, 0.1) is 16.2 Å². The average Bonchev–Trinajstić information content (AvgIpc) is 3.34. The zero-order valence-electron chi connectivity index (χ0n) is 21.5. The summed E-state index contributed by atoms with van der Waals surface area (Å²) in [5, 5.41) is 0.369.